The number of likely N-dealkylation sites (tertiary alicyclic amines) is 1. The van der Waals surface area contributed by atoms with Crippen LogP contribution >= 0.6 is 0 Å². The van der Waals surface area contributed by atoms with Gasteiger partial charge in [-0.05, 0) is 12.8 Å². The van der Waals surface area contributed by atoms with Crippen molar-refractivity contribution in [3.63, 3.8) is 0 Å². The highest BCUT2D eigenvalue weighted by molar-refractivity contribution is 5.98. The maximum absolute atomic E-state index is 12.9. The van der Waals surface area contributed by atoms with Crippen molar-refractivity contribution in [3.05, 3.63) is 41.9 Å². The lowest BCUT2D eigenvalue weighted by Gasteiger charge is -2.22. The molecule has 3 rings (SSSR count). The van der Waals surface area contributed by atoms with E-state index in [1.807, 2.05) is 30.3 Å². The summed E-state index contributed by atoms with van der Waals surface area (Å²) in [5.74, 6) is -0.297. The monoisotopic (exact) mass is 314 g/mol. The van der Waals surface area contributed by atoms with Crippen molar-refractivity contribution in [2.75, 3.05) is 6.54 Å². The topological polar surface area (TPSA) is 83.6 Å². The van der Waals surface area contributed by atoms with Crippen molar-refractivity contribution in [1.29, 1.82) is 0 Å². The van der Waals surface area contributed by atoms with Gasteiger partial charge in [0, 0.05) is 25.1 Å². The Morgan fingerprint density at radius 2 is 2.09 bits per heavy atom. The number of aryl methyl sites for hydroxylation is 1. The molecule has 23 heavy (non-hydrogen) atoms. The van der Waals surface area contributed by atoms with Crippen molar-refractivity contribution in [3.8, 4) is 11.3 Å². The maximum Gasteiger partial charge on any atom is 0.305 e. The summed E-state index contributed by atoms with van der Waals surface area (Å²) in [6, 6.07) is 9.05. The summed E-state index contributed by atoms with van der Waals surface area (Å²) in [4.78, 5) is 29.7. The van der Waals surface area contributed by atoms with E-state index in [4.69, 9.17) is 9.52 Å². The Morgan fingerprint density at radius 3 is 2.78 bits per heavy atom. The number of carbonyl (C=O) groups excluding carboxylic acids is 1. The Morgan fingerprint density at radius 1 is 1.35 bits per heavy atom. The lowest BCUT2D eigenvalue weighted by atomic mass is 10.1. The average Bonchev–Trinajstić information content (AvgIpc) is 3.13. The van der Waals surface area contributed by atoms with E-state index in [0.717, 1.165) is 12.0 Å². The van der Waals surface area contributed by atoms with Crippen LogP contribution in [0.3, 0.4) is 0 Å². The summed E-state index contributed by atoms with van der Waals surface area (Å²) in [6.45, 7) is 2.25. The molecule has 1 aliphatic heterocycles. The highest BCUT2D eigenvalue weighted by atomic mass is 16.4. The molecule has 1 aromatic heterocycles. The van der Waals surface area contributed by atoms with Crippen molar-refractivity contribution >= 4 is 11.9 Å². The van der Waals surface area contributed by atoms with Gasteiger partial charge in [-0.2, -0.15) is 0 Å². The molecule has 2 aromatic rings. The van der Waals surface area contributed by atoms with Crippen LogP contribution in [-0.2, 0) is 4.79 Å². The molecule has 1 fully saturated rings. The van der Waals surface area contributed by atoms with Gasteiger partial charge in [0.25, 0.3) is 5.91 Å². The lowest BCUT2D eigenvalue weighted by molar-refractivity contribution is -0.137. The van der Waals surface area contributed by atoms with Crippen LogP contribution in [0.15, 0.2) is 34.7 Å². The van der Waals surface area contributed by atoms with E-state index in [1.54, 1.807) is 11.8 Å². The largest absolute Gasteiger partial charge is 0.481 e. The molecule has 0 bridgehead atoms. The van der Waals surface area contributed by atoms with Crippen LogP contribution in [0.5, 0.6) is 0 Å². The number of hydrogen-bond donors (Lipinski definition) is 1. The Bertz CT molecular complexity index is 723. The highest BCUT2D eigenvalue weighted by Crippen LogP contribution is 2.29. The van der Waals surface area contributed by atoms with Gasteiger partial charge in [0.05, 0.1) is 6.42 Å². The zero-order chi connectivity index (χ0) is 16.4. The number of aromatic nitrogens is 1. The molecule has 0 spiro atoms. The Hall–Kier alpha value is -2.63. The maximum atomic E-state index is 12.9. The highest BCUT2D eigenvalue weighted by Gasteiger charge is 2.34. The first-order valence-corrected chi connectivity index (χ1v) is 7.62. The normalized spacial score (nSPS) is 17.4. The van der Waals surface area contributed by atoms with Gasteiger partial charge in [0.15, 0.2) is 17.3 Å². The zero-order valence-electron chi connectivity index (χ0n) is 12.9. The Kier molecular flexibility index (Phi) is 4.14. The van der Waals surface area contributed by atoms with Gasteiger partial charge in [0.1, 0.15) is 0 Å². The number of aliphatic carboxylic acids is 1. The number of hydrogen-bond acceptors (Lipinski definition) is 4. The van der Waals surface area contributed by atoms with Crippen molar-refractivity contribution < 1.29 is 19.1 Å². The summed E-state index contributed by atoms with van der Waals surface area (Å²) in [7, 11) is 0. The van der Waals surface area contributed by atoms with Gasteiger partial charge in [0.2, 0.25) is 0 Å². The third-order valence-electron chi connectivity index (χ3n) is 4.02. The van der Waals surface area contributed by atoms with Gasteiger partial charge in [-0.3, -0.25) is 9.59 Å². The molecule has 1 unspecified atom stereocenters. The molecule has 120 valence electrons. The van der Waals surface area contributed by atoms with Crippen LogP contribution in [0.25, 0.3) is 11.3 Å². The molecular weight excluding hydrogens is 296 g/mol. The van der Waals surface area contributed by atoms with Crippen molar-refractivity contribution in [2.24, 2.45) is 0 Å². The number of carbonyl (C=O) groups is 2. The first kappa shape index (κ1) is 15.3. The molecule has 1 amide bonds. The van der Waals surface area contributed by atoms with Crippen LogP contribution in [0.2, 0.25) is 0 Å². The average molecular weight is 314 g/mol. The van der Waals surface area contributed by atoms with E-state index in [1.165, 1.54) is 0 Å². The third kappa shape index (κ3) is 3.11. The molecule has 1 saturated heterocycles. The van der Waals surface area contributed by atoms with Gasteiger partial charge >= 0.3 is 5.97 Å². The van der Waals surface area contributed by atoms with E-state index in [9.17, 15) is 9.59 Å². The molecule has 0 aliphatic carbocycles. The molecule has 0 radical (unpaired) electrons. The summed E-state index contributed by atoms with van der Waals surface area (Å²) in [5, 5.41) is 9.01. The Labute approximate surface area is 133 Å². The van der Waals surface area contributed by atoms with Gasteiger partial charge in [-0.1, -0.05) is 30.3 Å². The number of carboxylic acids is 1. The smallest absolute Gasteiger partial charge is 0.305 e. The second-order valence-electron chi connectivity index (χ2n) is 5.67. The lowest BCUT2D eigenvalue weighted by Crippen LogP contribution is -2.37. The summed E-state index contributed by atoms with van der Waals surface area (Å²) in [6.07, 6.45) is 1.47. The second-order valence-corrected chi connectivity index (χ2v) is 5.67. The van der Waals surface area contributed by atoms with Gasteiger partial charge < -0.3 is 14.4 Å². The fraction of sp³-hybridized carbons (Fsp3) is 0.353. The molecule has 1 aromatic carbocycles. The quantitative estimate of drug-likeness (QED) is 0.938. The van der Waals surface area contributed by atoms with E-state index in [-0.39, 0.29) is 24.1 Å². The van der Waals surface area contributed by atoms with Crippen LogP contribution < -0.4 is 0 Å². The number of oxazole rings is 1. The van der Waals surface area contributed by atoms with E-state index >= 15 is 0 Å². The molecule has 0 saturated carbocycles. The predicted octanol–water partition coefficient (Wildman–Crippen LogP) is 2.73. The number of amides is 1. The molecule has 1 aliphatic rings. The van der Waals surface area contributed by atoms with Crippen LogP contribution in [-0.4, -0.2) is 39.5 Å². The van der Waals surface area contributed by atoms with Gasteiger partial charge in [-0.25, -0.2) is 4.98 Å². The molecule has 1 atom stereocenters. The van der Waals surface area contributed by atoms with E-state index < -0.39 is 5.97 Å². The SMILES string of the molecule is Cc1nc(C(=O)N2CCCC2CC(=O)O)c(-c2ccccc2)o1. The number of benzene rings is 1. The van der Waals surface area contributed by atoms with E-state index in [2.05, 4.69) is 4.98 Å². The summed E-state index contributed by atoms with van der Waals surface area (Å²) >= 11 is 0. The van der Waals surface area contributed by atoms with Gasteiger partial charge in [-0.15, -0.1) is 0 Å². The summed E-state index contributed by atoms with van der Waals surface area (Å²) in [5.41, 5.74) is 1.04. The first-order valence-electron chi connectivity index (χ1n) is 7.62. The number of carboxylic acid groups (broad SMARTS) is 1. The fourth-order valence-electron chi connectivity index (χ4n) is 3.01. The first-order chi connectivity index (χ1) is 11.1. The number of rotatable bonds is 4. The van der Waals surface area contributed by atoms with Crippen molar-refractivity contribution in [2.45, 2.75) is 32.2 Å². The molecule has 2 heterocycles. The minimum Gasteiger partial charge on any atom is -0.481 e. The fourth-order valence-corrected chi connectivity index (χ4v) is 3.01. The predicted molar refractivity (Wildman–Crippen MR) is 83.0 cm³/mol. The zero-order valence-corrected chi connectivity index (χ0v) is 12.9. The second kappa shape index (κ2) is 6.24. The third-order valence-corrected chi connectivity index (χ3v) is 4.02. The standard InChI is InChI=1S/C17H18N2O4/c1-11-18-15(16(23-11)12-6-3-2-4-7-12)17(22)19-9-5-8-13(19)10-14(20)21/h2-4,6-7,13H,5,8-10H2,1H3,(H,20,21). The Balaban J connectivity index is 1.92. The molecule has 6 heteroatoms. The molecule has 6 nitrogen and oxygen atoms in total. The minimum atomic E-state index is -0.894. The molecular formula is C17H18N2O4. The minimum absolute atomic E-state index is 0.0384. The summed E-state index contributed by atoms with van der Waals surface area (Å²) < 4.78 is 5.62. The molecule has 1 N–H and O–H groups in total. The van der Waals surface area contributed by atoms with E-state index in [0.29, 0.717) is 24.6 Å². The van der Waals surface area contributed by atoms with Crippen LogP contribution in [0.1, 0.15) is 35.6 Å². The number of nitrogens with zero attached hydrogens (tertiary/aromatic N) is 2. The van der Waals surface area contributed by atoms with Crippen LogP contribution in [0, 0.1) is 6.92 Å². The van der Waals surface area contributed by atoms with Crippen LogP contribution in [0.4, 0.5) is 0 Å². The van der Waals surface area contributed by atoms with Crippen molar-refractivity contribution in [1.82, 2.24) is 9.88 Å².